The molecule has 1 atom stereocenters. The minimum Gasteiger partial charge on any atom is -0.372 e. The van der Waals surface area contributed by atoms with Gasteiger partial charge in [0.2, 0.25) is 5.91 Å². The van der Waals surface area contributed by atoms with E-state index in [4.69, 9.17) is 0 Å². The molecule has 0 saturated carbocycles. The van der Waals surface area contributed by atoms with Crippen molar-refractivity contribution in [2.75, 3.05) is 23.3 Å². The largest absolute Gasteiger partial charge is 0.372 e. The topological polar surface area (TPSA) is 32.3 Å². The van der Waals surface area contributed by atoms with E-state index in [2.05, 4.69) is 41.4 Å². The number of carbonyl (C=O) groups excluding carboxylic acids is 1. The van der Waals surface area contributed by atoms with E-state index in [0.29, 0.717) is 12.3 Å². The number of hydrogen-bond donors (Lipinski definition) is 1. The molecule has 0 unspecified atom stereocenters. The highest BCUT2D eigenvalue weighted by molar-refractivity contribution is 5.91. The summed E-state index contributed by atoms with van der Waals surface area (Å²) in [6.07, 6.45) is 9.70. The second kappa shape index (κ2) is 6.99. The Kier molecular flexibility index (Phi) is 4.81. The first-order valence-corrected chi connectivity index (χ1v) is 8.52. The van der Waals surface area contributed by atoms with E-state index in [1.54, 1.807) is 0 Å². The van der Waals surface area contributed by atoms with Crippen molar-refractivity contribution in [3.63, 3.8) is 0 Å². The van der Waals surface area contributed by atoms with Gasteiger partial charge in [0.25, 0.3) is 0 Å². The predicted molar refractivity (Wildman–Crippen MR) is 92.2 cm³/mol. The van der Waals surface area contributed by atoms with Gasteiger partial charge in [-0.15, -0.1) is 0 Å². The van der Waals surface area contributed by atoms with Gasteiger partial charge in [0, 0.05) is 30.9 Å². The molecule has 1 aliphatic carbocycles. The maximum absolute atomic E-state index is 12.0. The van der Waals surface area contributed by atoms with Crippen molar-refractivity contribution in [2.45, 2.75) is 39.0 Å². The molecule has 1 amide bonds. The van der Waals surface area contributed by atoms with Gasteiger partial charge in [0.15, 0.2) is 0 Å². The summed E-state index contributed by atoms with van der Waals surface area (Å²) < 4.78 is 0. The van der Waals surface area contributed by atoms with Gasteiger partial charge in [-0.2, -0.15) is 0 Å². The van der Waals surface area contributed by atoms with Crippen molar-refractivity contribution < 1.29 is 4.79 Å². The van der Waals surface area contributed by atoms with E-state index in [1.165, 1.54) is 18.5 Å². The lowest BCUT2D eigenvalue weighted by Gasteiger charge is -2.32. The number of nitrogens with one attached hydrogen (secondary N) is 1. The van der Waals surface area contributed by atoms with E-state index in [9.17, 15) is 4.79 Å². The van der Waals surface area contributed by atoms with Crippen LogP contribution in [-0.2, 0) is 4.79 Å². The fraction of sp³-hybridized carbons (Fsp3) is 0.526. The van der Waals surface area contributed by atoms with Crippen molar-refractivity contribution >= 4 is 17.3 Å². The summed E-state index contributed by atoms with van der Waals surface area (Å²) in [7, 11) is 0. The van der Waals surface area contributed by atoms with Gasteiger partial charge in [-0.3, -0.25) is 4.79 Å². The van der Waals surface area contributed by atoms with Crippen LogP contribution in [0.2, 0.25) is 0 Å². The number of carbonyl (C=O) groups is 1. The van der Waals surface area contributed by atoms with E-state index in [0.717, 1.165) is 37.5 Å². The summed E-state index contributed by atoms with van der Waals surface area (Å²) in [5.74, 6) is 1.39. The van der Waals surface area contributed by atoms with Crippen LogP contribution in [0.1, 0.15) is 39.0 Å². The number of allylic oxidation sites excluding steroid dienone is 2. The number of benzene rings is 1. The smallest absolute Gasteiger partial charge is 0.224 e. The Labute approximate surface area is 133 Å². The Morgan fingerprint density at radius 2 is 1.91 bits per heavy atom. The average Bonchev–Trinajstić information content (AvgIpc) is 3.02. The van der Waals surface area contributed by atoms with Crippen LogP contribution >= 0.6 is 0 Å². The van der Waals surface area contributed by atoms with Crippen LogP contribution in [0.15, 0.2) is 36.4 Å². The zero-order valence-electron chi connectivity index (χ0n) is 13.4. The fourth-order valence-corrected chi connectivity index (χ4v) is 3.34. The second-order valence-corrected chi connectivity index (χ2v) is 6.73. The highest BCUT2D eigenvalue weighted by atomic mass is 16.1. The van der Waals surface area contributed by atoms with Gasteiger partial charge in [0.05, 0.1) is 0 Å². The first-order valence-electron chi connectivity index (χ1n) is 8.52. The molecule has 1 aliphatic heterocycles. The van der Waals surface area contributed by atoms with Crippen LogP contribution in [0.4, 0.5) is 11.4 Å². The Morgan fingerprint density at radius 1 is 1.18 bits per heavy atom. The fourth-order valence-electron chi connectivity index (χ4n) is 3.34. The molecule has 1 heterocycles. The van der Waals surface area contributed by atoms with Crippen molar-refractivity contribution in [3.05, 3.63) is 36.4 Å². The maximum Gasteiger partial charge on any atom is 0.224 e. The molecule has 2 aliphatic rings. The van der Waals surface area contributed by atoms with Gasteiger partial charge in [-0.25, -0.2) is 0 Å². The molecule has 0 aromatic heterocycles. The van der Waals surface area contributed by atoms with Crippen LogP contribution in [-0.4, -0.2) is 19.0 Å². The van der Waals surface area contributed by atoms with E-state index in [1.807, 2.05) is 12.1 Å². The van der Waals surface area contributed by atoms with Gasteiger partial charge < -0.3 is 10.2 Å². The third kappa shape index (κ3) is 3.90. The van der Waals surface area contributed by atoms with E-state index < -0.39 is 0 Å². The summed E-state index contributed by atoms with van der Waals surface area (Å²) in [6, 6.07) is 8.30. The summed E-state index contributed by atoms with van der Waals surface area (Å²) >= 11 is 0. The molecular formula is C19H26N2O. The van der Waals surface area contributed by atoms with Gasteiger partial charge in [0.1, 0.15) is 0 Å². The predicted octanol–water partition coefficient (Wildman–Crippen LogP) is 4.22. The Balaban J connectivity index is 1.52. The third-order valence-corrected chi connectivity index (χ3v) is 4.86. The summed E-state index contributed by atoms with van der Waals surface area (Å²) in [5.41, 5.74) is 2.17. The molecule has 3 heteroatoms. The average molecular weight is 298 g/mol. The Hall–Kier alpha value is -1.77. The molecule has 3 nitrogen and oxygen atoms in total. The normalized spacial score (nSPS) is 22.0. The van der Waals surface area contributed by atoms with Crippen LogP contribution in [0.25, 0.3) is 0 Å². The minimum atomic E-state index is 0.121. The van der Waals surface area contributed by atoms with Crippen LogP contribution in [0.3, 0.4) is 0 Å². The zero-order valence-corrected chi connectivity index (χ0v) is 13.4. The lowest BCUT2D eigenvalue weighted by atomic mass is 9.99. The van der Waals surface area contributed by atoms with Crippen LogP contribution in [0, 0.1) is 11.8 Å². The van der Waals surface area contributed by atoms with Crippen molar-refractivity contribution in [1.29, 1.82) is 0 Å². The number of piperidine rings is 1. The molecule has 0 bridgehead atoms. The molecule has 22 heavy (non-hydrogen) atoms. The number of amides is 1. The summed E-state index contributed by atoms with van der Waals surface area (Å²) in [4.78, 5) is 14.5. The Bertz CT molecular complexity index is 527. The quantitative estimate of drug-likeness (QED) is 0.844. The first-order chi connectivity index (χ1) is 10.7. The molecule has 1 N–H and O–H groups in total. The molecule has 1 fully saturated rings. The number of hydrogen-bond acceptors (Lipinski definition) is 2. The monoisotopic (exact) mass is 298 g/mol. The van der Waals surface area contributed by atoms with Crippen LogP contribution < -0.4 is 10.2 Å². The van der Waals surface area contributed by atoms with E-state index >= 15 is 0 Å². The standard InChI is InChI=1S/C19H26N2O/c1-15-10-12-21(13-11-15)18-8-6-17(7-9-18)20-19(22)14-16-4-2-3-5-16/h2,4,6-9,15-16H,3,5,10-14H2,1H3,(H,20,22)/t16-/m1/s1. The minimum absolute atomic E-state index is 0.121. The molecule has 0 radical (unpaired) electrons. The lowest BCUT2D eigenvalue weighted by Crippen LogP contribution is -2.32. The summed E-state index contributed by atoms with van der Waals surface area (Å²) in [6.45, 7) is 4.61. The van der Waals surface area contributed by atoms with Gasteiger partial charge >= 0.3 is 0 Å². The van der Waals surface area contributed by atoms with Crippen molar-refractivity contribution in [3.8, 4) is 0 Å². The maximum atomic E-state index is 12.0. The zero-order chi connectivity index (χ0) is 15.4. The highest BCUT2D eigenvalue weighted by Crippen LogP contribution is 2.25. The number of nitrogens with zero attached hydrogens (tertiary/aromatic N) is 1. The molecule has 1 aromatic rings. The Morgan fingerprint density at radius 3 is 2.55 bits per heavy atom. The summed E-state index contributed by atoms with van der Waals surface area (Å²) in [5, 5.41) is 3.01. The number of rotatable bonds is 4. The second-order valence-electron chi connectivity index (χ2n) is 6.73. The molecule has 0 spiro atoms. The highest BCUT2D eigenvalue weighted by Gasteiger charge is 2.16. The van der Waals surface area contributed by atoms with Crippen molar-refractivity contribution in [1.82, 2.24) is 0 Å². The lowest BCUT2D eigenvalue weighted by molar-refractivity contribution is -0.116. The van der Waals surface area contributed by atoms with E-state index in [-0.39, 0.29) is 5.91 Å². The third-order valence-electron chi connectivity index (χ3n) is 4.86. The number of anilines is 2. The van der Waals surface area contributed by atoms with Gasteiger partial charge in [-0.1, -0.05) is 19.1 Å². The molecule has 1 aromatic carbocycles. The van der Waals surface area contributed by atoms with Crippen molar-refractivity contribution in [2.24, 2.45) is 11.8 Å². The SMILES string of the molecule is CC1CCN(c2ccc(NC(=O)C[C@@H]3C=CCC3)cc2)CC1. The molecule has 118 valence electrons. The molecule has 3 rings (SSSR count). The van der Waals surface area contributed by atoms with Crippen LogP contribution in [0.5, 0.6) is 0 Å². The first kappa shape index (κ1) is 15.1. The molecular weight excluding hydrogens is 272 g/mol. The van der Waals surface area contributed by atoms with Gasteiger partial charge in [-0.05, 0) is 61.8 Å². The molecule has 1 saturated heterocycles.